The fourth-order valence-corrected chi connectivity index (χ4v) is 7.06. The number of fused-ring (bicyclic) bond motifs is 4. The number of piperazine rings is 1. The van der Waals surface area contributed by atoms with E-state index in [2.05, 4.69) is 31.9 Å². The summed E-state index contributed by atoms with van der Waals surface area (Å²) in [5.41, 5.74) is 4.17. The zero-order chi connectivity index (χ0) is 28.8. The summed E-state index contributed by atoms with van der Waals surface area (Å²) >= 11 is 0. The smallest absolute Gasteiger partial charge is 0.240 e. The van der Waals surface area contributed by atoms with Crippen molar-refractivity contribution in [2.45, 2.75) is 77.9 Å². The molecule has 41 heavy (non-hydrogen) atoms. The molecule has 4 fully saturated rings. The van der Waals surface area contributed by atoms with Gasteiger partial charge in [0.15, 0.2) is 0 Å². The van der Waals surface area contributed by atoms with Gasteiger partial charge in [0.1, 0.15) is 11.6 Å². The van der Waals surface area contributed by atoms with Gasteiger partial charge in [-0.15, -0.1) is 0 Å². The molecule has 1 N–H and O–H groups in total. The van der Waals surface area contributed by atoms with Crippen LogP contribution < -0.4 is 15.1 Å². The number of nitrogens with one attached hydrogen (secondary N) is 1. The number of amides is 2. The van der Waals surface area contributed by atoms with Gasteiger partial charge >= 0.3 is 0 Å². The molecule has 3 saturated heterocycles. The second-order valence-electron chi connectivity index (χ2n) is 12.1. The average molecular weight is 561 g/mol. The molecule has 8 nitrogen and oxygen atoms in total. The maximum atomic E-state index is 14.6. The number of hydrogen-bond donors (Lipinski definition) is 1. The lowest BCUT2D eigenvalue weighted by atomic mass is 9.76. The summed E-state index contributed by atoms with van der Waals surface area (Å²) in [6, 6.07) is 7.15. The van der Waals surface area contributed by atoms with Crippen LogP contribution in [-0.2, 0) is 9.59 Å². The standard InChI is InChI=1S/C32H41FN6O2/c1-5-30(40)39(20(2)3)28-16-23(33)8-11-26(28)27-17-25(19-38-21(4)34-18-29(27)38)36-12-14-37(15-13-36)32(41)31-22-6-9-24(35-31)10-7-22/h8,11,16-20,22,24,31,35H,5-7,9-10,12-15H2,1-4H3. The minimum atomic E-state index is -0.378. The normalized spacial score (nSPS) is 22.5. The van der Waals surface area contributed by atoms with Crippen LogP contribution in [0.5, 0.6) is 0 Å². The van der Waals surface area contributed by atoms with Gasteiger partial charge in [-0.3, -0.25) is 9.59 Å². The van der Waals surface area contributed by atoms with Gasteiger partial charge in [-0.05, 0) is 76.6 Å². The Morgan fingerprint density at radius 1 is 1.07 bits per heavy atom. The van der Waals surface area contributed by atoms with Crippen LogP contribution >= 0.6 is 0 Å². The Hall–Kier alpha value is -3.46. The minimum Gasteiger partial charge on any atom is -0.367 e. The molecule has 2 aromatic heterocycles. The van der Waals surface area contributed by atoms with E-state index in [9.17, 15) is 14.0 Å². The predicted molar refractivity (Wildman–Crippen MR) is 160 cm³/mol. The van der Waals surface area contributed by atoms with E-state index < -0.39 is 0 Å². The Morgan fingerprint density at radius 3 is 2.44 bits per heavy atom. The Morgan fingerprint density at radius 2 is 1.80 bits per heavy atom. The second kappa shape index (κ2) is 11.1. The summed E-state index contributed by atoms with van der Waals surface area (Å²) in [6.45, 7) is 10.5. The van der Waals surface area contributed by atoms with Crippen molar-refractivity contribution in [1.82, 2.24) is 19.6 Å². The molecule has 1 unspecified atom stereocenters. The Balaban J connectivity index is 1.31. The molecule has 0 radical (unpaired) electrons. The number of nitrogens with zero attached hydrogens (tertiary/aromatic N) is 5. The van der Waals surface area contributed by atoms with Gasteiger partial charge in [-0.25, -0.2) is 9.37 Å². The highest BCUT2D eigenvalue weighted by Gasteiger charge is 2.41. The first-order chi connectivity index (χ1) is 19.7. The van der Waals surface area contributed by atoms with E-state index in [-0.39, 0.29) is 29.7 Å². The lowest BCUT2D eigenvalue weighted by Gasteiger charge is -2.45. The summed E-state index contributed by atoms with van der Waals surface area (Å²) in [5.74, 6) is 1.15. The minimum absolute atomic E-state index is 0.0303. The largest absolute Gasteiger partial charge is 0.367 e. The molecule has 218 valence electrons. The molecule has 4 aliphatic rings. The lowest BCUT2D eigenvalue weighted by molar-refractivity contribution is -0.137. The van der Waals surface area contributed by atoms with Crippen LogP contribution in [0.1, 0.15) is 58.7 Å². The third-order valence-electron chi connectivity index (χ3n) is 9.29. The number of imidazole rings is 1. The zero-order valence-corrected chi connectivity index (χ0v) is 24.6. The van der Waals surface area contributed by atoms with Crippen molar-refractivity contribution >= 4 is 28.7 Å². The SMILES string of the molecule is CCC(=O)N(c1cc(F)ccc1-c1cc(N2CCN(C(=O)C3NC4CCC3CC4)CC2)cn2c(C)ncc12)C(C)C. The monoisotopic (exact) mass is 560 g/mol. The third-order valence-corrected chi connectivity index (χ3v) is 9.29. The predicted octanol–water partition coefficient (Wildman–Crippen LogP) is 4.78. The number of carbonyl (C=O) groups is 2. The van der Waals surface area contributed by atoms with Gasteiger partial charge in [0, 0.05) is 62.0 Å². The highest BCUT2D eigenvalue weighted by Crippen LogP contribution is 2.38. The van der Waals surface area contributed by atoms with Crippen LogP contribution in [0.15, 0.2) is 36.7 Å². The molecule has 1 aliphatic carbocycles. The lowest BCUT2D eigenvalue weighted by Crippen LogP contribution is -2.61. The first-order valence-corrected chi connectivity index (χ1v) is 15.1. The van der Waals surface area contributed by atoms with Crippen LogP contribution in [0.4, 0.5) is 15.8 Å². The number of pyridine rings is 1. The summed E-state index contributed by atoms with van der Waals surface area (Å²) in [4.78, 5) is 37.1. The van der Waals surface area contributed by atoms with Gasteiger partial charge < -0.3 is 24.4 Å². The molecule has 7 rings (SSSR count). The van der Waals surface area contributed by atoms with Crippen molar-refractivity contribution in [1.29, 1.82) is 0 Å². The van der Waals surface area contributed by atoms with Crippen LogP contribution in [0.3, 0.4) is 0 Å². The summed E-state index contributed by atoms with van der Waals surface area (Å²) in [7, 11) is 0. The van der Waals surface area contributed by atoms with Crippen molar-refractivity contribution in [3.05, 3.63) is 48.3 Å². The van der Waals surface area contributed by atoms with Gasteiger partial charge in [-0.2, -0.15) is 0 Å². The van der Waals surface area contributed by atoms with E-state index in [0.717, 1.165) is 54.1 Å². The maximum absolute atomic E-state index is 14.6. The quantitative estimate of drug-likeness (QED) is 0.470. The van der Waals surface area contributed by atoms with Crippen molar-refractivity contribution in [3.63, 3.8) is 0 Å². The number of aromatic nitrogens is 2. The molecule has 2 amide bonds. The Kier molecular flexibility index (Phi) is 7.49. The molecule has 2 bridgehead atoms. The summed E-state index contributed by atoms with van der Waals surface area (Å²) < 4.78 is 16.7. The van der Waals surface area contributed by atoms with Gasteiger partial charge in [0.05, 0.1) is 29.1 Å². The molecule has 3 aliphatic heterocycles. The van der Waals surface area contributed by atoms with Crippen LogP contribution in [-0.4, -0.2) is 70.4 Å². The van der Waals surface area contributed by atoms with Crippen LogP contribution in [0.25, 0.3) is 16.6 Å². The van der Waals surface area contributed by atoms with Crippen molar-refractivity contribution in [2.24, 2.45) is 5.92 Å². The highest BCUT2D eigenvalue weighted by atomic mass is 19.1. The highest BCUT2D eigenvalue weighted by molar-refractivity contribution is 6.00. The fourth-order valence-electron chi connectivity index (χ4n) is 7.06. The maximum Gasteiger partial charge on any atom is 0.240 e. The average Bonchev–Trinajstić information content (AvgIpc) is 3.37. The van der Waals surface area contributed by atoms with E-state index in [0.29, 0.717) is 37.2 Å². The van der Waals surface area contributed by atoms with Gasteiger partial charge in [0.25, 0.3) is 0 Å². The van der Waals surface area contributed by atoms with E-state index >= 15 is 0 Å². The second-order valence-corrected chi connectivity index (χ2v) is 12.1. The topological polar surface area (TPSA) is 73.2 Å². The molecular formula is C32H41FN6O2. The van der Waals surface area contributed by atoms with E-state index in [1.165, 1.54) is 25.0 Å². The number of halogens is 1. The van der Waals surface area contributed by atoms with E-state index in [4.69, 9.17) is 0 Å². The zero-order valence-electron chi connectivity index (χ0n) is 24.6. The van der Waals surface area contributed by atoms with Gasteiger partial charge in [-0.1, -0.05) is 6.92 Å². The molecule has 1 aromatic carbocycles. The summed E-state index contributed by atoms with van der Waals surface area (Å²) in [6.07, 6.45) is 8.96. The molecule has 1 saturated carbocycles. The number of carbonyl (C=O) groups excluding carboxylic acids is 2. The van der Waals surface area contributed by atoms with Crippen LogP contribution in [0, 0.1) is 18.7 Å². The Bertz CT molecular complexity index is 1450. The number of anilines is 2. The van der Waals surface area contributed by atoms with Crippen molar-refractivity contribution in [2.75, 3.05) is 36.0 Å². The first kappa shape index (κ1) is 27.7. The summed E-state index contributed by atoms with van der Waals surface area (Å²) in [5, 5.41) is 3.61. The molecule has 0 spiro atoms. The first-order valence-electron chi connectivity index (χ1n) is 15.1. The van der Waals surface area contributed by atoms with Crippen molar-refractivity contribution < 1.29 is 14.0 Å². The van der Waals surface area contributed by atoms with Crippen LogP contribution in [0.2, 0.25) is 0 Å². The number of aryl methyl sites for hydroxylation is 1. The fraction of sp³-hybridized carbons (Fsp3) is 0.531. The molecule has 5 heterocycles. The number of piperidine rings is 2. The van der Waals surface area contributed by atoms with Crippen molar-refractivity contribution in [3.8, 4) is 11.1 Å². The van der Waals surface area contributed by atoms with Gasteiger partial charge in [0.2, 0.25) is 11.8 Å². The Labute approximate surface area is 241 Å². The molecule has 1 atom stereocenters. The molecule has 9 heteroatoms. The molecule has 3 aromatic rings. The third kappa shape index (κ3) is 5.09. The number of rotatable bonds is 6. The number of benzene rings is 1. The van der Waals surface area contributed by atoms with E-state index in [1.54, 1.807) is 11.0 Å². The number of hydrogen-bond acceptors (Lipinski definition) is 5. The van der Waals surface area contributed by atoms with E-state index in [1.807, 2.05) is 38.8 Å². The molecular weight excluding hydrogens is 519 g/mol.